The van der Waals surface area contributed by atoms with Crippen LogP contribution in [0.1, 0.15) is 84.5 Å². The molecule has 0 radical (unpaired) electrons. The van der Waals surface area contributed by atoms with Gasteiger partial charge in [0.2, 0.25) is 0 Å². The van der Waals surface area contributed by atoms with E-state index in [0.29, 0.717) is 17.7 Å². The van der Waals surface area contributed by atoms with Crippen molar-refractivity contribution < 1.29 is 4.74 Å². The molecule has 0 aromatic heterocycles. The third-order valence-corrected chi connectivity index (χ3v) is 5.04. The highest BCUT2D eigenvalue weighted by Crippen LogP contribution is 2.43. The van der Waals surface area contributed by atoms with E-state index in [1.807, 2.05) is 0 Å². The van der Waals surface area contributed by atoms with Crippen molar-refractivity contribution in [2.75, 3.05) is 6.54 Å². The fourth-order valence-electron chi connectivity index (χ4n) is 3.74. The van der Waals surface area contributed by atoms with Crippen LogP contribution in [0.5, 0.6) is 0 Å². The minimum Gasteiger partial charge on any atom is -0.370 e. The first-order valence-corrected chi connectivity index (χ1v) is 8.65. The number of unbranched alkanes of at least 4 members (excludes halogenated alkanes) is 3. The third-order valence-electron chi connectivity index (χ3n) is 5.04. The van der Waals surface area contributed by atoms with Gasteiger partial charge in [0.25, 0.3) is 0 Å². The molecular formula is C17H33NO. The lowest BCUT2D eigenvalue weighted by Gasteiger charge is -2.24. The van der Waals surface area contributed by atoms with Crippen LogP contribution in [0.25, 0.3) is 0 Å². The zero-order valence-electron chi connectivity index (χ0n) is 13.0. The van der Waals surface area contributed by atoms with Gasteiger partial charge in [-0.2, -0.15) is 0 Å². The highest BCUT2D eigenvalue weighted by atomic mass is 16.5. The minimum atomic E-state index is 0.302. The SMILES string of the molecule is CCCCCCC(C)NCC1CCC2(CCCC2)O1. The van der Waals surface area contributed by atoms with Crippen molar-refractivity contribution in [3.63, 3.8) is 0 Å². The molecule has 0 bridgehead atoms. The van der Waals surface area contributed by atoms with Gasteiger partial charge in [0, 0.05) is 12.6 Å². The molecule has 1 aliphatic heterocycles. The lowest BCUT2D eigenvalue weighted by molar-refractivity contribution is -0.0358. The first kappa shape index (κ1) is 15.3. The average Bonchev–Trinajstić information content (AvgIpc) is 3.03. The van der Waals surface area contributed by atoms with Gasteiger partial charge in [-0.3, -0.25) is 0 Å². The van der Waals surface area contributed by atoms with Gasteiger partial charge < -0.3 is 10.1 Å². The summed E-state index contributed by atoms with van der Waals surface area (Å²) in [5.41, 5.74) is 0.302. The molecule has 112 valence electrons. The van der Waals surface area contributed by atoms with Crippen LogP contribution < -0.4 is 5.32 Å². The predicted molar refractivity (Wildman–Crippen MR) is 81.5 cm³/mol. The van der Waals surface area contributed by atoms with Crippen molar-refractivity contribution in [1.82, 2.24) is 5.32 Å². The van der Waals surface area contributed by atoms with E-state index >= 15 is 0 Å². The Bertz CT molecular complexity index is 248. The van der Waals surface area contributed by atoms with Gasteiger partial charge in [-0.05, 0) is 39.0 Å². The monoisotopic (exact) mass is 267 g/mol. The molecule has 0 amide bonds. The second-order valence-corrected chi connectivity index (χ2v) is 6.83. The second-order valence-electron chi connectivity index (χ2n) is 6.83. The fraction of sp³-hybridized carbons (Fsp3) is 1.00. The van der Waals surface area contributed by atoms with Gasteiger partial charge in [0.15, 0.2) is 0 Å². The van der Waals surface area contributed by atoms with E-state index in [9.17, 15) is 0 Å². The maximum atomic E-state index is 6.34. The van der Waals surface area contributed by atoms with Gasteiger partial charge in [0.05, 0.1) is 11.7 Å². The molecule has 2 unspecified atom stereocenters. The van der Waals surface area contributed by atoms with E-state index in [1.165, 1.54) is 70.6 Å². The minimum absolute atomic E-state index is 0.302. The van der Waals surface area contributed by atoms with Gasteiger partial charge in [0.1, 0.15) is 0 Å². The molecule has 1 saturated heterocycles. The molecule has 1 saturated carbocycles. The maximum absolute atomic E-state index is 6.34. The Balaban J connectivity index is 1.56. The summed E-state index contributed by atoms with van der Waals surface area (Å²) in [6.45, 7) is 5.67. The Hall–Kier alpha value is -0.0800. The van der Waals surface area contributed by atoms with Crippen LogP contribution in [-0.2, 0) is 4.74 Å². The highest BCUT2D eigenvalue weighted by Gasteiger charge is 2.41. The van der Waals surface area contributed by atoms with Gasteiger partial charge in [-0.25, -0.2) is 0 Å². The molecule has 2 fully saturated rings. The summed E-state index contributed by atoms with van der Waals surface area (Å²) in [7, 11) is 0. The van der Waals surface area contributed by atoms with Crippen LogP contribution in [0.2, 0.25) is 0 Å². The van der Waals surface area contributed by atoms with Crippen molar-refractivity contribution in [1.29, 1.82) is 0 Å². The van der Waals surface area contributed by atoms with Gasteiger partial charge in [-0.1, -0.05) is 45.4 Å². The Morgan fingerprint density at radius 1 is 1.16 bits per heavy atom. The molecule has 2 rings (SSSR count). The van der Waals surface area contributed by atoms with E-state index in [1.54, 1.807) is 0 Å². The van der Waals surface area contributed by atoms with E-state index in [4.69, 9.17) is 4.74 Å². The predicted octanol–water partition coefficient (Wildman–Crippen LogP) is 4.43. The molecule has 0 aromatic rings. The topological polar surface area (TPSA) is 21.3 Å². The van der Waals surface area contributed by atoms with Crippen LogP contribution in [-0.4, -0.2) is 24.3 Å². The second kappa shape index (κ2) is 7.64. The number of hydrogen-bond donors (Lipinski definition) is 1. The Morgan fingerprint density at radius 3 is 2.68 bits per heavy atom. The number of nitrogens with one attached hydrogen (secondary N) is 1. The zero-order valence-corrected chi connectivity index (χ0v) is 13.0. The van der Waals surface area contributed by atoms with E-state index in [0.717, 1.165) is 6.54 Å². The third kappa shape index (κ3) is 4.75. The standard InChI is InChI=1S/C17H33NO/c1-3-4-5-6-9-15(2)18-14-16-10-13-17(19-16)11-7-8-12-17/h15-16,18H,3-14H2,1-2H3. The van der Waals surface area contributed by atoms with E-state index in [2.05, 4.69) is 19.2 Å². The Labute approximate surface area is 119 Å². The normalized spacial score (nSPS) is 27.2. The molecule has 1 spiro atoms. The van der Waals surface area contributed by atoms with Crippen LogP contribution in [0.15, 0.2) is 0 Å². The highest BCUT2D eigenvalue weighted by molar-refractivity contribution is 4.93. The molecule has 1 aliphatic carbocycles. The summed E-state index contributed by atoms with van der Waals surface area (Å²) >= 11 is 0. The first-order valence-electron chi connectivity index (χ1n) is 8.65. The number of hydrogen-bond acceptors (Lipinski definition) is 2. The summed E-state index contributed by atoms with van der Waals surface area (Å²) < 4.78 is 6.34. The average molecular weight is 267 g/mol. The summed E-state index contributed by atoms with van der Waals surface area (Å²) in [5.74, 6) is 0. The smallest absolute Gasteiger partial charge is 0.0708 e. The summed E-state index contributed by atoms with van der Waals surface area (Å²) in [4.78, 5) is 0. The quantitative estimate of drug-likeness (QED) is 0.657. The molecule has 1 heterocycles. The van der Waals surface area contributed by atoms with Crippen LogP contribution in [0, 0.1) is 0 Å². The fourth-order valence-corrected chi connectivity index (χ4v) is 3.74. The first-order chi connectivity index (χ1) is 9.24. The van der Waals surface area contributed by atoms with Crippen molar-refractivity contribution >= 4 is 0 Å². The molecule has 2 aliphatic rings. The van der Waals surface area contributed by atoms with E-state index < -0.39 is 0 Å². The summed E-state index contributed by atoms with van der Waals surface area (Å²) in [6, 6.07) is 0.653. The number of rotatable bonds is 8. The van der Waals surface area contributed by atoms with Crippen LogP contribution in [0.3, 0.4) is 0 Å². The Morgan fingerprint density at radius 2 is 1.95 bits per heavy atom. The summed E-state index contributed by atoms with van der Waals surface area (Å²) in [6.07, 6.45) is 15.3. The Kier molecular flexibility index (Phi) is 6.15. The maximum Gasteiger partial charge on any atom is 0.0708 e. The zero-order chi connectivity index (χ0) is 13.6. The lowest BCUT2D eigenvalue weighted by atomic mass is 9.98. The van der Waals surface area contributed by atoms with Gasteiger partial charge in [-0.15, -0.1) is 0 Å². The van der Waals surface area contributed by atoms with Crippen molar-refractivity contribution in [3.8, 4) is 0 Å². The van der Waals surface area contributed by atoms with Crippen molar-refractivity contribution in [3.05, 3.63) is 0 Å². The largest absolute Gasteiger partial charge is 0.370 e. The van der Waals surface area contributed by atoms with Gasteiger partial charge >= 0.3 is 0 Å². The molecule has 0 aromatic carbocycles. The number of ether oxygens (including phenoxy) is 1. The summed E-state index contributed by atoms with van der Waals surface area (Å²) in [5, 5.41) is 3.68. The molecule has 19 heavy (non-hydrogen) atoms. The molecule has 2 nitrogen and oxygen atoms in total. The molecular weight excluding hydrogens is 234 g/mol. The lowest BCUT2D eigenvalue weighted by Crippen LogP contribution is -2.35. The van der Waals surface area contributed by atoms with Crippen molar-refractivity contribution in [2.45, 2.75) is 102 Å². The van der Waals surface area contributed by atoms with E-state index in [-0.39, 0.29) is 0 Å². The van der Waals surface area contributed by atoms with Crippen LogP contribution in [0.4, 0.5) is 0 Å². The molecule has 2 atom stereocenters. The van der Waals surface area contributed by atoms with Crippen molar-refractivity contribution in [2.24, 2.45) is 0 Å². The molecule has 1 N–H and O–H groups in total. The molecule has 2 heteroatoms. The van der Waals surface area contributed by atoms with Crippen LogP contribution >= 0.6 is 0 Å².